The molecule has 6 nitrogen and oxygen atoms in total. The third-order valence-corrected chi connectivity index (χ3v) is 5.33. The number of aryl methyl sites for hydroxylation is 3. The standard InChI is InChI=1S/C20H29O6P/c1-6-7-8-20(27-23,19(22)26-25-10-9-24-5)13-17(21)18-15(3)11-14(2)12-16(18)4/h11-12H,6-10,13H2,1-5H3. The summed E-state index contributed by atoms with van der Waals surface area (Å²) in [7, 11) is 1.05. The van der Waals surface area contributed by atoms with E-state index < -0.39 is 19.6 Å². The molecular weight excluding hydrogens is 367 g/mol. The topological polar surface area (TPSA) is 78.9 Å². The molecule has 0 aliphatic carbocycles. The van der Waals surface area contributed by atoms with Crippen LogP contribution in [0.4, 0.5) is 0 Å². The van der Waals surface area contributed by atoms with Crippen LogP contribution in [0, 0.1) is 20.8 Å². The Morgan fingerprint density at radius 1 is 1.11 bits per heavy atom. The van der Waals surface area contributed by atoms with E-state index in [1.54, 1.807) is 0 Å². The number of Topliss-reactive ketones (excluding diaryl/α,β-unsaturated/α-hetero) is 1. The first-order valence-corrected chi connectivity index (χ1v) is 9.91. The van der Waals surface area contributed by atoms with Crippen molar-refractivity contribution >= 4 is 20.2 Å². The molecule has 1 unspecified atom stereocenters. The van der Waals surface area contributed by atoms with E-state index in [-0.39, 0.29) is 31.8 Å². The van der Waals surface area contributed by atoms with Gasteiger partial charge in [0.1, 0.15) is 6.61 Å². The number of carbonyl (C=O) groups excluding carboxylic acids is 2. The molecule has 0 amide bonds. The van der Waals surface area contributed by atoms with Gasteiger partial charge in [-0.25, -0.2) is 4.79 Å². The number of unbranched alkanes of at least 4 members (excludes halogenated alkanes) is 1. The molecule has 0 N–H and O–H groups in total. The number of ether oxygens (including phenoxy) is 1. The lowest BCUT2D eigenvalue weighted by atomic mass is 9.88. The van der Waals surface area contributed by atoms with Gasteiger partial charge < -0.3 is 4.74 Å². The van der Waals surface area contributed by atoms with Gasteiger partial charge in [0.15, 0.2) is 19.4 Å². The molecule has 7 heteroatoms. The molecule has 0 spiro atoms. The Hall–Kier alpha value is -1.62. The molecule has 0 bridgehead atoms. The van der Waals surface area contributed by atoms with Gasteiger partial charge in [0.25, 0.3) is 0 Å². The Kier molecular flexibility index (Phi) is 9.78. The van der Waals surface area contributed by atoms with Crippen molar-refractivity contribution in [3.8, 4) is 0 Å². The van der Waals surface area contributed by atoms with Crippen LogP contribution in [0.1, 0.15) is 59.7 Å². The quantitative estimate of drug-likeness (QED) is 0.170. The smallest absolute Gasteiger partial charge is 0.360 e. The van der Waals surface area contributed by atoms with Gasteiger partial charge in [-0.3, -0.25) is 14.2 Å². The third-order valence-electron chi connectivity index (χ3n) is 4.41. The Balaban J connectivity index is 3.07. The lowest BCUT2D eigenvalue weighted by Crippen LogP contribution is -2.37. The molecule has 1 rings (SSSR count). The van der Waals surface area contributed by atoms with Crippen LogP contribution in [-0.4, -0.2) is 37.2 Å². The van der Waals surface area contributed by atoms with Crippen LogP contribution in [0.25, 0.3) is 0 Å². The number of carbonyl (C=O) groups is 2. The highest BCUT2D eigenvalue weighted by molar-refractivity contribution is 7.27. The van der Waals surface area contributed by atoms with Gasteiger partial charge >= 0.3 is 5.97 Å². The predicted molar refractivity (Wildman–Crippen MR) is 103 cm³/mol. The molecule has 0 heterocycles. The minimum Gasteiger partial charge on any atom is -0.382 e. The van der Waals surface area contributed by atoms with E-state index in [1.165, 1.54) is 7.11 Å². The summed E-state index contributed by atoms with van der Waals surface area (Å²) in [4.78, 5) is 35.3. The molecule has 0 aliphatic rings. The Labute approximate surface area is 162 Å². The largest absolute Gasteiger partial charge is 0.382 e. The summed E-state index contributed by atoms with van der Waals surface area (Å²) in [5, 5.41) is -1.45. The Bertz CT molecular complexity index is 649. The van der Waals surface area contributed by atoms with Crippen molar-refractivity contribution in [3.63, 3.8) is 0 Å². The number of ketones is 1. The van der Waals surface area contributed by atoms with Crippen LogP contribution in [0.15, 0.2) is 12.1 Å². The zero-order valence-electron chi connectivity index (χ0n) is 16.8. The summed E-state index contributed by atoms with van der Waals surface area (Å²) in [6.07, 6.45) is 1.51. The molecule has 1 aromatic rings. The number of hydrogen-bond donors (Lipinski definition) is 0. The number of hydrogen-bond acceptors (Lipinski definition) is 6. The molecular formula is C20H29O6P. The van der Waals surface area contributed by atoms with Crippen LogP contribution in [-0.2, 0) is 23.9 Å². The fourth-order valence-corrected chi connectivity index (χ4v) is 3.68. The minimum atomic E-state index is -1.45. The first-order valence-electron chi connectivity index (χ1n) is 9.09. The van der Waals surface area contributed by atoms with Crippen molar-refractivity contribution in [2.75, 3.05) is 20.3 Å². The van der Waals surface area contributed by atoms with Crippen LogP contribution in [0.2, 0.25) is 0 Å². The summed E-state index contributed by atoms with van der Waals surface area (Å²) in [5.41, 5.74) is 3.31. The molecule has 0 aliphatic heterocycles. The SMILES string of the molecule is CCCCC(CC(=O)c1c(C)cc(C)cc1C)(P=O)C(=O)OOCCOC. The highest BCUT2D eigenvalue weighted by Gasteiger charge is 2.44. The van der Waals surface area contributed by atoms with Gasteiger partial charge in [-0.1, -0.05) is 37.5 Å². The van der Waals surface area contributed by atoms with Gasteiger partial charge in [0, 0.05) is 19.1 Å². The molecule has 27 heavy (non-hydrogen) atoms. The van der Waals surface area contributed by atoms with Crippen LogP contribution in [0.3, 0.4) is 0 Å². The summed E-state index contributed by atoms with van der Waals surface area (Å²) in [6, 6.07) is 3.85. The number of rotatable bonds is 12. The average Bonchev–Trinajstić information content (AvgIpc) is 2.61. The van der Waals surface area contributed by atoms with Gasteiger partial charge in [0.05, 0.1) is 6.61 Å². The molecule has 0 saturated carbocycles. The second-order valence-electron chi connectivity index (χ2n) is 6.79. The highest BCUT2D eigenvalue weighted by atomic mass is 31.1. The van der Waals surface area contributed by atoms with E-state index in [1.807, 2.05) is 39.8 Å². The number of benzene rings is 1. The first-order chi connectivity index (χ1) is 12.8. The van der Waals surface area contributed by atoms with E-state index in [0.717, 1.165) is 23.1 Å². The Morgan fingerprint density at radius 3 is 2.26 bits per heavy atom. The van der Waals surface area contributed by atoms with Crippen molar-refractivity contribution in [2.45, 2.75) is 58.5 Å². The maximum Gasteiger partial charge on any atom is 0.360 e. The van der Waals surface area contributed by atoms with E-state index in [2.05, 4.69) is 0 Å². The first kappa shape index (κ1) is 23.4. The molecule has 1 atom stereocenters. The van der Waals surface area contributed by atoms with Crippen LogP contribution >= 0.6 is 8.46 Å². The molecule has 0 saturated heterocycles. The highest BCUT2D eigenvalue weighted by Crippen LogP contribution is 2.36. The third kappa shape index (κ3) is 6.49. The van der Waals surface area contributed by atoms with Crippen molar-refractivity contribution < 1.29 is 28.7 Å². The second-order valence-corrected chi connectivity index (χ2v) is 7.82. The average molecular weight is 396 g/mol. The Morgan fingerprint density at radius 2 is 1.74 bits per heavy atom. The fraction of sp³-hybridized carbons (Fsp3) is 0.600. The maximum atomic E-state index is 13.0. The van der Waals surface area contributed by atoms with E-state index in [9.17, 15) is 14.2 Å². The van der Waals surface area contributed by atoms with Crippen LogP contribution in [0.5, 0.6) is 0 Å². The minimum absolute atomic E-state index is 0.0615. The normalized spacial score (nSPS) is 13.4. The molecule has 150 valence electrons. The summed E-state index contributed by atoms with van der Waals surface area (Å²) in [6.45, 7) is 7.97. The lowest BCUT2D eigenvalue weighted by molar-refractivity contribution is -0.278. The lowest BCUT2D eigenvalue weighted by Gasteiger charge is -2.24. The van der Waals surface area contributed by atoms with Gasteiger partial charge in [-0.05, 0) is 38.3 Å². The fourth-order valence-electron chi connectivity index (χ4n) is 3.11. The van der Waals surface area contributed by atoms with Crippen molar-refractivity contribution in [1.82, 2.24) is 0 Å². The van der Waals surface area contributed by atoms with Gasteiger partial charge in [-0.2, -0.15) is 4.89 Å². The van der Waals surface area contributed by atoms with Gasteiger partial charge in [-0.15, -0.1) is 0 Å². The molecule has 0 aromatic heterocycles. The van der Waals surface area contributed by atoms with E-state index in [0.29, 0.717) is 12.0 Å². The van der Waals surface area contributed by atoms with Crippen molar-refractivity contribution in [2.24, 2.45) is 0 Å². The number of methoxy groups -OCH3 is 1. The molecule has 0 radical (unpaired) electrons. The maximum absolute atomic E-state index is 13.0. The zero-order valence-corrected chi connectivity index (χ0v) is 17.7. The summed E-state index contributed by atoms with van der Waals surface area (Å²) >= 11 is 0. The van der Waals surface area contributed by atoms with Crippen molar-refractivity contribution in [1.29, 1.82) is 0 Å². The van der Waals surface area contributed by atoms with E-state index >= 15 is 0 Å². The predicted octanol–water partition coefficient (Wildman–Crippen LogP) is 4.53. The molecule has 0 fully saturated rings. The monoisotopic (exact) mass is 396 g/mol. The zero-order chi connectivity index (χ0) is 20.4. The molecule has 1 aromatic carbocycles. The second kappa shape index (κ2) is 11.3. The summed E-state index contributed by atoms with van der Waals surface area (Å²) < 4.78 is 16.8. The van der Waals surface area contributed by atoms with Crippen molar-refractivity contribution in [3.05, 3.63) is 34.4 Å². The summed E-state index contributed by atoms with van der Waals surface area (Å²) in [5.74, 6) is -1.02. The van der Waals surface area contributed by atoms with Gasteiger partial charge in [0.2, 0.25) is 0 Å². The van der Waals surface area contributed by atoms with Crippen LogP contribution < -0.4 is 0 Å². The van der Waals surface area contributed by atoms with E-state index in [4.69, 9.17) is 14.5 Å².